The maximum atomic E-state index is 7.09. The third-order valence-corrected chi connectivity index (χ3v) is 19.2. The zero-order valence-electron chi connectivity index (χ0n) is 52.0. The molecular weight excluding hydrogens is 1050 g/mol. The highest BCUT2D eigenvalue weighted by molar-refractivity contribution is 6.11. The average molecular weight is 1120 g/mol. The number of aromatic nitrogens is 5. The molecule has 6 heteroatoms. The van der Waals surface area contributed by atoms with E-state index in [9.17, 15) is 0 Å². The summed E-state index contributed by atoms with van der Waals surface area (Å²) in [6.45, 7) is 30.8. The van der Waals surface area contributed by atoms with Crippen LogP contribution in [0.5, 0.6) is 11.5 Å². The monoisotopic (exact) mass is 1120 g/mol. The first-order valence-electron chi connectivity index (χ1n) is 30.8. The molecule has 0 bridgehead atoms. The summed E-state index contributed by atoms with van der Waals surface area (Å²) >= 11 is 0. The Bertz CT molecular complexity index is 4920. The minimum Gasteiger partial charge on any atom is -0.458 e. The Morgan fingerprint density at radius 2 is 0.988 bits per heavy atom. The summed E-state index contributed by atoms with van der Waals surface area (Å²) in [6, 6.07) is 70.1. The van der Waals surface area contributed by atoms with Crippen molar-refractivity contribution in [1.29, 1.82) is 0 Å². The van der Waals surface area contributed by atoms with E-state index < -0.39 is 0 Å². The zero-order valence-corrected chi connectivity index (χ0v) is 52.0. The number of pyridine rings is 1. The van der Waals surface area contributed by atoms with Crippen LogP contribution in [0, 0.1) is 6.33 Å². The van der Waals surface area contributed by atoms with Crippen LogP contribution in [0.1, 0.15) is 131 Å². The normalized spacial score (nSPS) is 14.7. The second-order valence-electron chi connectivity index (χ2n) is 29.0. The summed E-state index contributed by atoms with van der Waals surface area (Å²) in [6.07, 6.45) is 8.39. The van der Waals surface area contributed by atoms with E-state index >= 15 is 0 Å². The summed E-state index contributed by atoms with van der Waals surface area (Å²) in [5.41, 5.74) is 23.3. The largest absolute Gasteiger partial charge is 0.458 e. The Balaban J connectivity index is 1.02. The van der Waals surface area contributed by atoms with E-state index in [0.29, 0.717) is 0 Å². The van der Waals surface area contributed by atoms with Crippen LogP contribution < -0.4 is 9.30 Å². The quantitative estimate of drug-likeness (QED) is 0.127. The highest BCUT2D eigenvalue weighted by atomic mass is 16.5. The van der Waals surface area contributed by atoms with Gasteiger partial charge in [-0.05, 0) is 180 Å². The lowest BCUT2D eigenvalue weighted by Gasteiger charge is -2.43. The van der Waals surface area contributed by atoms with Gasteiger partial charge in [0.15, 0.2) is 0 Å². The summed E-state index contributed by atoms with van der Waals surface area (Å²) in [5.74, 6) is 2.34. The van der Waals surface area contributed by atoms with Crippen molar-refractivity contribution < 1.29 is 9.30 Å². The van der Waals surface area contributed by atoms with E-state index in [-0.39, 0.29) is 27.1 Å². The molecule has 0 saturated carbocycles. The van der Waals surface area contributed by atoms with Crippen LogP contribution in [0.15, 0.2) is 194 Å². The van der Waals surface area contributed by atoms with Gasteiger partial charge >= 0.3 is 0 Å². The van der Waals surface area contributed by atoms with E-state index in [0.717, 1.165) is 91.3 Å². The smallest absolute Gasteiger partial charge is 0.269 e. The van der Waals surface area contributed by atoms with E-state index in [1.807, 2.05) is 6.20 Å². The molecule has 9 aromatic carbocycles. The molecule has 0 N–H and O–H groups in total. The number of fused-ring (bicyclic) bond motifs is 14. The molecule has 0 atom stereocenters. The van der Waals surface area contributed by atoms with Crippen LogP contribution in [-0.2, 0) is 27.1 Å². The van der Waals surface area contributed by atoms with E-state index in [1.165, 1.54) is 71.8 Å². The van der Waals surface area contributed by atoms with Crippen molar-refractivity contribution in [2.45, 2.75) is 130 Å². The molecule has 2 aliphatic rings. The molecule has 1 aliphatic carbocycles. The Labute approximate surface area is 506 Å². The fraction of sp³-hybridized carbons (Fsp3) is 0.250. The fourth-order valence-electron chi connectivity index (χ4n) is 14.3. The molecule has 0 saturated heterocycles. The van der Waals surface area contributed by atoms with E-state index in [2.05, 4.69) is 303 Å². The van der Waals surface area contributed by atoms with Gasteiger partial charge in [-0.25, -0.2) is 4.98 Å². The fourth-order valence-corrected chi connectivity index (χ4v) is 14.3. The first kappa shape index (κ1) is 53.7. The maximum Gasteiger partial charge on any atom is 0.269 e. The molecule has 0 unspecified atom stereocenters. The summed E-state index contributed by atoms with van der Waals surface area (Å²) in [5, 5.41) is 4.76. The van der Waals surface area contributed by atoms with Crippen molar-refractivity contribution in [3.8, 4) is 67.8 Å². The van der Waals surface area contributed by atoms with Crippen molar-refractivity contribution in [2.75, 3.05) is 0 Å². The number of hydrogen-bond donors (Lipinski definition) is 0. The van der Waals surface area contributed by atoms with Crippen LogP contribution in [0.2, 0.25) is 0 Å². The first-order chi connectivity index (χ1) is 41.0. The molecule has 15 rings (SSSR count). The Morgan fingerprint density at radius 3 is 1.60 bits per heavy atom. The molecule has 0 radical (unpaired) electrons. The standard InChI is InChI=1S/C80H75N5O/c1-76(2,3)49-35-38-81-73(41-49)85-70-32-21-18-29-59(70)60-34-33-54(45-71(60)85)86-53-24-22-23-51(42-53)82-48-83-74-63(39-50(77(4,5)6)40-67(74)78(7,8)9)62-47-66-65(79(10,11)36-37-80(66,12)13)46-61(62)55-25-14-15-26-56(55)64-43-52(44-72(82)75(64)83)84-68-30-19-16-27-57(68)58-28-17-20-31-69(58)84/h14-35,38-47H,36-37H2,1-13H3. The second-order valence-corrected chi connectivity index (χ2v) is 29.0. The molecule has 13 aromatic rings. The predicted octanol–water partition coefficient (Wildman–Crippen LogP) is 20.6. The topological polar surface area (TPSA) is 40.8 Å². The summed E-state index contributed by atoms with van der Waals surface area (Å²) in [7, 11) is 0. The number of imidazole rings is 1. The van der Waals surface area contributed by atoms with Gasteiger partial charge in [-0.15, -0.1) is 0 Å². The highest BCUT2D eigenvalue weighted by Gasteiger charge is 2.40. The van der Waals surface area contributed by atoms with Crippen molar-refractivity contribution in [3.63, 3.8) is 0 Å². The van der Waals surface area contributed by atoms with Gasteiger partial charge in [0.2, 0.25) is 0 Å². The predicted molar refractivity (Wildman–Crippen MR) is 358 cm³/mol. The second kappa shape index (κ2) is 18.7. The minimum atomic E-state index is -0.272. The van der Waals surface area contributed by atoms with Crippen LogP contribution >= 0.6 is 0 Å². The lowest BCUT2D eigenvalue weighted by molar-refractivity contribution is -0.572. The Kier molecular flexibility index (Phi) is 11.7. The number of benzene rings is 9. The zero-order chi connectivity index (χ0) is 59.6. The molecule has 86 heavy (non-hydrogen) atoms. The van der Waals surface area contributed by atoms with Crippen LogP contribution in [0.25, 0.3) is 111 Å². The molecule has 426 valence electrons. The molecule has 1 aliphatic heterocycles. The third kappa shape index (κ3) is 8.41. The van der Waals surface area contributed by atoms with Crippen LogP contribution in [0.3, 0.4) is 0 Å². The molecule has 6 nitrogen and oxygen atoms in total. The number of rotatable bonds is 5. The van der Waals surface area contributed by atoms with Gasteiger partial charge < -0.3 is 9.30 Å². The first-order valence-corrected chi connectivity index (χ1v) is 30.8. The minimum absolute atomic E-state index is 0.00462. The van der Waals surface area contributed by atoms with Crippen molar-refractivity contribution >= 4 is 54.6 Å². The van der Waals surface area contributed by atoms with E-state index in [4.69, 9.17) is 9.72 Å². The Hall–Kier alpha value is -9.00. The molecular formula is C80H75N5O. The molecule has 4 aromatic heterocycles. The van der Waals surface area contributed by atoms with Gasteiger partial charge in [-0.1, -0.05) is 193 Å². The molecule has 5 heterocycles. The highest BCUT2D eigenvalue weighted by Crippen LogP contribution is 2.53. The lowest BCUT2D eigenvalue weighted by Crippen LogP contribution is -2.36. The summed E-state index contributed by atoms with van der Waals surface area (Å²) < 4.78 is 16.6. The number of para-hydroxylation sites is 3. The third-order valence-electron chi connectivity index (χ3n) is 19.2. The van der Waals surface area contributed by atoms with Crippen LogP contribution in [-0.4, -0.2) is 18.7 Å². The average Bonchev–Trinajstić information content (AvgIpc) is 1.47. The molecule has 0 fully saturated rings. The van der Waals surface area contributed by atoms with Crippen LogP contribution in [0.4, 0.5) is 0 Å². The molecule has 0 spiro atoms. The van der Waals surface area contributed by atoms with Gasteiger partial charge in [-0.2, -0.15) is 0 Å². The number of nitrogens with zero attached hydrogens (tertiary/aromatic N) is 5. The number of hydrogen-bond acceptors (Lipinski definition) is 2. The Morgan fingerprint density at radius 1 is 0.430 bits per heavy atom. The number of ether oxygens (including phenoxy) is 1. The van der Waals surface area contributed by atoms with Crippen molar-refractivity contribution in [1.82, 2.24) is 18.7 Å². The van der Waals surface area contributed by atoms with Gasteiger partial charge in [0.05, 0.1) is 44.5 Å². The van der Waals surface area contributed by atoms with Crippen molar-refractivity contribution in [3.05, 3.63) is 228 Å². The maximum absolute atomic E-state index is 7.09. The van der Waals surface area contributed by atoms with Crippen molar-refractivity contribution in [2.24, 2.45) is 0 Å². The van der Waals surface area contributed by atoms with E-state index in [1.54, 1.807) is 0 Å². The van der Waals surface area contributed by atoms with Gasteiger partial charge in [0.1, 0.15) is 17.3 Å². The van der Waals surface area contributed by atoms with Gasteiger partial charge in [0, 0.05) is 39.5 Å². The lowest BCUT2D eigenvalue weighted by atomic mass is 9.62. The molecule has 0 amide bonds. The SMILES string of the molecule is CC(C)(C)c1ccnc(-n2c3ccccc3c3ccc(Oc4cccc(-n5[c-][n+]6c7c(cc(-n8c9ccccc9c9ccccc98)cc75)-c5ccccc5-c5cc7c(cc5-c5cc(C(C)(C)C)cc(C(C)(C)C)c5-6)C(C)(C)CCC7(C)C)c4)cc32)c1. The summed E-state index contributed by atoms with van der Waals surface area (Å²) in [4.78, 5) is 4.98. The van der Waals surface area contributed by atoms with Gasteiger partial charge in [-0.3, -0.25) is 13.7 Å². The van der Waals surface area contributed by atoms with Gasteiger partial charge in [0.25, 0.3) is 6.33 Å².